The summed E-state index contributed by atoms with van der Waals surface area (Å²) in [5.74, 6) is 0.0237. The van der Waals surface area contributed by atoms with Crippen molar-refractivity contribution < 1.29 is 5.11 Å². The molecule has 0 saturated carbocycles. The first-order chi connectivity index (χ1) is 4.77. The molecule has 0 aromatic rings. The lowest BCUT2D eigenvalue weighted by Gasteiger charge is -1.78. The summed E-state index contributed by atoms with van der Waals surface area (Å²) in [6.45, 7) is 9.02. The van der Waals surface area contributed by atoms with Crippen molar-refractivity contribution in [2.45, 2.75) is 20.8 Å². The van der Waals surface area contributed by atoms with Gasteiger partial charge >= 0.3 is 0 Å². The van der Waals surface area contributed by atoms with Crippen LogP contribution in [0.2, 0.25) is 0 Å². The molecule has 10 heavy (non-hydrogen) atoms. The van der Waals surface area contributed by atoms with Crippen molar-refractivity contribution in [3.63, 3.8) is 0 Å². The summed E-state index contributed by atoms with van der Waals surface area (Å²) in [4.78, 5) is 3.69. The summed E-state index contributed by atoms with van der Waals surface area (Å²) in [6, 6.07) is 0. The summed E-state index contributed by atoms with van der Waals surface area (Å²) >= 11 is 0. The van der Waals surface area contributed by atoms with Gasteiger partial charge in [0.25, 0.3) is 0 Å². The fourth-order valence-corrected chi connectivity index (χ4v) is 0.215. The van der Waals surface area contributed by atoms with E-state index in [4.69, 9.17) is 5.11 Å². The van der Waals surface area contributed by atoms with E-state index in [1.165, 1.54) is 12.3 Å². The van der Waals surface area contributed by atoms with E-state index in [2.05, 4.69) is 11.6 Å². The molecule has 0 saturated heterocycles. The van der Waals surface area contributed by atoms with Crippen LogP contribution >= 0.6 is 0 Å². The third-order valence-electron chi connectivity index (χ3n) is 0.502. The first-order valence-electron chi connectivity index (χ1n) is 3.29. The Bertz CT molecular complexity index is 125. The highest BCUT2D eigenvalue weighted by molar-refractivity contribution is 5.54. The van der Waals surface area contributed by atoms with Crippen LogP contribution in [0.4, 0.5) is 0 Å². The third kappa shape index (κ3) is 15.8. The number of nitrogens with zero attached hydrogens (tertiary/aromatic N) is 1. The SMILES string of the molecule is C=C(O)/C=C\N=CC.CC. The molecule has 1 N–H and O–H groups in total. The maximum absolute atomic E-state index is 8.42. The van der Waals surface area contributed by atoms with Gasteiger partial charge in [-0.3, -0.25) is 4.99 Å². The Hall–Kier alpha value is -1.05. The Kier molecular flexibility index (Phi) is 12.7. The lowest BCUT2D eigenvalue weighted by molar-refractivity contribution is 0.435. The van der Waals surface area contributed by atoms with Crippen LogP contribution in [0.25, 0.3) is 0 Å². The summed E-state index contributed by atoms with van der Waals surface area (Å²) in [7, 11) is 0. The molecule has 0 aromatic heterocycles. The van der Waals surface area contributed by atoms with E-state index in [0.29, 0.717) is 0 Å². The molecule has 0 amide bonds. The summed E-state index contributed by atoms with van der Waals surface area (Å²) < 4.78 is 0. The molecule has 0 bridgehead atoms. The summed E-state index contributed by atoms with van der Waals surface area (Å²) in [5.41, 5.74) is 0. The van der Waals surface area contributed by atoms with Crippen LogP contribution < -0.4 is 0 Å². The second kappa shape index (κ2) is 10.8. The number of hydrogen-bond donors (Lipinski definition) is 1. The minimum absolute atomic E-state index is 0.0237. The quantitative estimate of drug-likeness (QED) is 0.358. The van der Waals surface area contributed by atoms with E-state index < -0.39 is 0 Å². The predicted molar refractivity (Wildman–Crippen MR) is 46.4 cm³/mol. The average Bonchev–Trinajstić information content (AvgIpc) is 1.92. The molecular formula is C8H15NO. The van der Waals surface area contributed by atoms with Gasteiger partial charge in [-0.15, -0.1) is 0 Å². The van der Waals surface area contributed by atoms with Gasteiger partial charge in [-0.1, -0.05) is 20.4 Å². The van der Waals surface area contributed by atoms with Crippen LogP contribution in [0, 0.1) is 0 Å². The van der Waals surface area contributed by atoms with Crippen molar-refractivity contribution in [2.75, 3.05) is 0 Å². The van der Waals surface area contributed by atoms with E-state index in [-0.39, 0.29) is 5.76 Å². The molecule has 0 aliphatic heterocycles. The van der Waals surface area contributed by atoms with E-state index in [9.17, 15) is 0 Å². The Morgan fingerprint density at radius 2 is 2.00 bits per heavy atom. The Labute approximate surface area is 62.6 Å². The van der Waals surface area contributed by atoms with Gasteiger partial charge in [0.05, 0.1) is 0 Å². The first kappa shape index (κ1) is 11.7. The Balaban J connectivity index is 0. The van der Waals surface area contributed by atoms with Crippen LogP contribution in [-0.2, 0) is 0 Å². The number of aliphatic hydroxyl groups is 1. The zero-order chi connectivity index (χ0) is 8.41. The monoisotopic (exact) mass is 141 g/mol. The number of allylic oxidation sites excluding steroid dienone is 1. The van der Waals surface area contributed by atoms with Gasteiger partial charge in [0, 0.05) is 12.4 Å². The smallest absolute Gasteiger partial charge is 0.109 e. The molecule has 58 valence electrons. The summed E-state index contributed by atoms with van der Waals surface area (Å²) in [6.07, 6.45) is 4.52. The highest BCUT2D eigenvalue weighted by atomic mass is 16.3. The molecule has 0 fully saturated rings. The van der Waals surface area contributed by atoms with Crippen molar-refractivity contribution in [1.82, 2.24) is 0 Å². The highest BCUT2D eigenvalue weighted by Gasteiger charge is 1.69. The lowest BCUT2D eigenvalue weighted by atomic mass is 10.5. The van der Waals surface area contributed by atoms with Crippen molar-refractivity contribution in [2.24, 2.45) is 4.99 Å². The minimum Gasteiger partial charge on any atom is -0.509 e. The molecule has 2 heteroatoms. The number of rotatable bonds is 2. The molecule has 0 aromatic carbocycles. The number of aliphatic hydroxyl groups excluding tert-OH is 1. The zero-order valence-electron chi connectivity index (χ0n) is 6.83. The van der Waals surface area contributed by atoms with Gasteiger partial charge < -0.3 is 5.11 Å². The van der Waals surface area contributed by atoms with Crippen LogP contribution in [0.15, 0.2) is 29.6 Å². The van der Waals surface area contributed by atoms with E-state index >= 15 is 0 Å². The number of aliphatic imine (C=N–C) groups is 1. The van der Waals surface area contributed by atoms with E-state index in [1.807, 2.05) is 13.8 Å². The van der Waals surface area contributed by atoms with Crippen LogP contribution in [0.3, 0.4) is 0 Å². The largest absolute Gasteiger partial charge is 0.509 e. The molecule has 0 radical (unpaired) electrons. The standard InChI is InChI=1S/C6H9NO.C2H6/c1-3-7-5-4-6(2)8;1-2/h3-5,8H,2H2,1H3;1-2H3/b5-4-,7-3?;. The van der Waals surface area contributed by atoms with Crippen molar-refractivity contribution >= 4 is 6.21 Å². The fourth-order valence-electron chi connectivity index (χ4n) is 0.215. The molecule has 0 aliphatic carbocycles. The predicted octanol–water partition coefficient (Wildman–Crippen LogP) is 2.69. The summed E-state index contributed by atoms with van der Waals surface area (Å²) in [5, 5.41) is 8.42. The minimum atomic E-state index is 0.0237. The normalized spacial score (nSPS) is 9.50. The Morgan fingerprint density at radius 3 is 2.30 bits per heavy atom. The second-order valence-corrected chi connectivity index (χ2v) is 1.21. The molecular weight excluding hydrogens is 126 g/mol. The van der Waals surface area contributed by atoms with Crippen LogP contribution in [0.1, 0.15) is 20.8 Å². The van der Waals surface area contributed by atoms with E-state index in [1.54, 1.807) is 13.1 Å². The van der Waals surface area contributed by atoms with Crippen LogP contribution in [-0.4, -0.2) is 11.3 Å². The van der Waals surface area contributed by atoms with Gasteiger partial charge in [-0.25, -0.2) is 0 Å². The average molecular weight is 141 g/mol. The van der Waals surface area contributed by atoms with Gasteiger partial charge in [-0.05, 0) is 13.0 Å². The molecule has 0 atom stereocenters. The molecule has 0 unspecified atom stereocenters. The van der Waals surface area contributed by atoms with Crippen molar-refractivity contribution in [1.29, 1.82) is 0 Å². The molecule has 2 nitrogen and oxygen atoms in total. The zero-order valence-corrected chi connectivity index (χ0v) is 6.83. The van der Waals surface area contributed by atoms with Crippen LogP contribution in [0.5, 0.6) is 0 Å². The third-order valence-corrected chi connectivity index (χ3v) is 0.502. The van der Waals surface area contributed by atoms with Gasteiger partial charge in [0.1, 0.15) is 5.76 Å². The maximum Gasteiger partial charge on any atom is 0.109 e. The van der Waals surface area contributed by atoms with Crippen molar-refractivity contribution in [3.8, 4) is 0 Å². The van der Waals surface area contributed by atoms with Crippen molar-refractivity contribution in [3.05, 3.63) is 24.6 Å². The lowest BCUT2D eigenvalue weighted by Crippen LogP contribution is -1.64. The molecule has 0 spiro atoms. The fraction of sp³-hybridized carbons (Fsp3) is 0.375. The maximum atomic E-state index is 8.42. The van der Waals surface area contributed by atoms with Gasteiger partial charge in [0.15, 0.2) is 0 Å². The first-order valence-corrected chi connectivity index (χ1v) is 3.29. The second-order valence-electron chi connectivity index (χ2n) is 1.21. The molecule has 0 rings (SSSR count). The van der Waals surface area contributed by atoms with Gasteiger partial charge in [-0.2, -0.15) is 0 Å². The molecule has 0 heterocycles. The number of hydrogen-bond acceptors (Lipinski definition) is 2. The van der Waals surface area contributed by atoms with Gasteiger partial charge in [0.2, 0.25) is 0 Å². The highest BCUT2D eigenvalue weighted by Crippen LogP contribution is 1.83. The van der Waals surface area contributed by atoms with E-state index in [0.717, 1.165) is 0 Å². The Morgan fingerprint density at radius 1 is 1.50 bits per heavy atom. The molecule has 0 aliphatic rings. The topological polar surface area (TPSA) is 32.6 Å².